The summed E-state index contributed by atoms with van der Waals surface area (Å²) in [6.45, 7) is 14.4. The van der Waals surface area contributed by atoms with Gasteiger partial charge < -0.3 is 4.57 Å². The first-order valence-corrected chi connectivity index (χ1v) is 9.36. The summed E-state index contributed by atoms with van der Waals surface area (Å²) in [5.41, 5.74) is 5.26. The molecule has 0 N–H and O–H groups in total. The van der Waals surface area contributed by atoms with E-state index in [0.29, 0.717) is 5.03 Å². The third kappa shape index (κ3) is 3.90. The van der Waals surface area contributed by atoms with Crippen molar-refractivity contribution in [3.05, 3.63) is 79.5 Å². The lowest BCUT2D eigenvalue weighted by molar-refractivity contribution is 0.876. The van der Waals surface area contributed by atoms with E-state index in [2.05, 4.69) is 29.9 Å². The molecule has 0 bridgehead atoms. The summed E-state index contributed by atoms with van der Waals surface area (Å²) in [5, 5.41) is 3.38. The number of allylic oxidation sites excluding steroid dienone is 9. The van der Waals surface area contributed by atoms with Gasteiger partial charge in [-0.05, 0) is 56.1 Å². The van der Waals surface area contributed by atoms with E-state index in [0.717, 1.165) is 50.0 Å². The Hall–Kier alpha value is -1.96. The minimum absolute atomic E-state index is 0.687. The summed E-state index contributed by atoms with van der Waals surface area (Å²) >= 11 is 12.7. The highest BCUT2D eigenvalue weighted by molar-refractivity contribution is 6.34. The first-order chi connectivity index (χ1) is 12.3. The van der Waals surface area contributed by atoms with Crippen molar-refractivity contribution < 1.29 is 0 Å². The van der Waals surface area contributed by atoms with Crippen LogP contribution in [0.1, 0.15) is 38.4 Å². The number of nitrogens with zero attached hydrogens (tertiary/aromatic N) is 1. The maximum Gasteiger partial charge on any atom is 0.0510 e. The lowest BCUT2D eigenvalue weighted by Crippen LogP contribution is -2.27. The Morgan fingerprint density at radius 1 is 1.12 bits per heavy atom. The molecule has 0 aromatic carbocycles. The SMILES string of the molecule is C=C1C(Cl)=C(/C=C\C)C/C1=C\c1c(/C=C/C)c(=C)/c(=C/C(Cl)=C\C)n1C. The zero-order valence-electron chi connectivity index (χ0n) is 15.9. The maximum absolute atomic E-state index is 6.46. The Kier molecular flexibility index (Phi) is 6.75. The molecular weight excluding hydrogens is 361 g/mol. The highest BCUT2D eigenvalue weighted by atomic mass is 35.5. The zero-order chi connectivity index (χ0) is 19.4. The molecule has 1 aromatic heterocycles. The van der Waals surface area contributed by atoms with Gasteiger partial charge in [-0.1, -0.05) is 66.7 Å². The molecule has 0 amide bonds. The smallest absolute Gasteiger partial charge is 0.0510 e. The molecule has 1 nitrogen and oxygen atoms in total. The average Bonchev–Trinajstić information content (AvgIpc) is 3.00. The van der Waals surface area contributed by atoms with Gasteiger partial charge in [0.2, 0.25) is 0 Å². The first-order valence-electron chi connectivity index (χ1n) is 8.61. The summed E-state index contributed by atoms with van der Waals surface area (Å²) in [6, 6.07) is 0. The molecule has 2 rings (SSSR count). The van der Waals surface area contributed by atoms with E-state index in [1.807, 2.05) is 58.2 Å². The van der Waals surface area contributed by atoms with Crippen molar-refractivity contribution in [1.29, 1.82) is 0 Å². The quantitative estimate of drug-likeness (QED) is 0.616. The molecule has 0 fully saturated rings. The van der Waals surface area contributed by atoms with Gasteiger partial charge in [-0.2, -0.15) is 0 Å². The van der Waals surface area contributed by atoms with E-state index in [-0.39, 0.29) is 0 Å². The molecule has 0 radical (unpaired) electrons. The van der Waals surface area contributed by atoms with Gasteiger partial charge in [0, 0.05) is 33.9 Å². The molecular formula is C23H25Cl2N. The predicted octanol–water partition coefficient (Wildman–Crippen LogP) is 5.80. The fourth-order valence-corrected chi connectivity index (χ4v) is 3.45. The maximum atomic E-state index is 6.46. The van der Waals surface area contributed by atoms with Crippen molar-refractivity contribution in [2.24, 2.45) is 7.05 Å². The third-order valence-corrected chi connectivity index (χ3v) is 5.31. The van der Waals surface area contributed by atoms with E-state index >= 15 is 0 Å². The Morgan fingerprint density at radius 2 is 1.77 bits per heavy atom. The minimum Gasteiger partial charge on any atom is -0.344 e. The van der Waals surface area contributed by atoms with Crippen LogP contribution in [-0.4, -0.2) is 4.57 Å². The van der Waals surface area contributed by atoms with E-state index in [1.54, 1.807) is 0 Å². The lowest BCUT2D eigenvalue weighted by Gasteiger charge is -2.05. The van der Waals surface area contributed by atoms with Gasteiger partial charge in [-0.25, -0.2) is 0 Å². The Bertz CT molecular complexity index is 992. The number of hydrogen-bond acceptors (Lipinski definition) is 0. The third-order valence-electron chi connectivity index (χ3n) is 4.51. The van der Waals surface area contributed by atoms with Crippen LogP contribution >= 0.6 is 23.2 Å². The lowest BCUT2D eigenvalue weighted by atomic mass is 10.1. The largest absolute Gasteiger partial charge is 0.344 e. The monoisotopic (exact) mass is 385 g/mol. The van der Waals surface area contributed by atoms with Gasteiger partial charge >= 0.3 is 0 Å². The van der Waals surface area contributed by atoms with Crippen LogP contribution in [0, 0.1) is 0 Å². The zero-order valence-corrected chi connectivity index (χ0v) is 17.4. The molecule has 1 aromatic rings. The van der Waals surface area contributed by atoms with E-state index in [1.165, 1.54) is 0 Å². The van der Waals surface area contributed by atoms with Crippen molar-refractivity contribution in [1.82, 2.24) is 4.57 Å². The fourth-order valence-electron chi connectivity index (χ4n) is 3.09. The summed E-state index contributed by atoms with van der Waals surface area (Å²) in [5.74, 6) is 0. The molecule has 1 aliphatic rings. The first kappa shape index (κ1) is 20.4. The predicted molar refractivity (Wildman–Crippen MR) is 118 cm³/mol. The van der Waals surface area contributed by atoms with Crippen molar-refractivity contribution in [2.45, 2.75) is 27.2 Å². The average molecular weight is 386 g/mol. The molecule has 0 spiro atoms. The molecule has 136 valence electrons. The number of halogens is 2. The summed E-state index contributed by atoms with van der Waals surface area (Å²) in [6.07, 6.45) is 14.9. The molecule has 3 heteroatoms. The normalized spacial score (nSPS) is 18.5. The van der Waals surface area contributed by atoms with Crippen molar-refractivity contribution >= 4 is 48.0 Å². The van der Waals surface area contributed by atoms with Gasteiger partial charge in [-0.15, -0.1) is 0 Å². The van der Waals surface area contributed by atoms with Crippen molar-refractivity contribution in [3.8, 4) is 0 Å². The minimum atomic E-state index is 0.687. The van der Waals surface area contributed by atoms with Crippen LogP contribution in [0.25, 0.3) is 24.8 Å². The van der Waals surface area contributed by atoms with Crippen molar-refractivity contribution in [3.63, 3.8) is 0 Å². The molecule has 0 saturated heterocycles. The second-order valence-electron chi connectivity index (χ2n) is 6.20. The second-order valence-corrected chi connectivity index (χ2v) is 7.02. The van der Waals surface area contributed by atoms with Crippen LogP contribution < -0.4 is 10.6 Å². The molecule has 1 heterocycles. The van der Waals surface area contributed by atoms with Crippen LogP contribution in [0.5, 0.6) is 0 Å². The van der Waals surface area contributed by atoms with Crippen LogP contribution in [0.15, 0.2) is 57.7 Å². The van der Waals surface area contributed by atoms with Crippen LogP contribution in [0.3, 0.4) is 0 Å². The van der Waals surface area contributed by atoms with Gasteiger partial charge in [0.1, 0.15) is 0 Å². The molecule has 0 unspecified atom stereocenters. The Labute approximate surface area is 166 Å². The summed E-state index contributed by atoms with van der Waals surface area (Å²) < 4.78 is 2.12. The van der Waals surface area contributed by atoms with Crippen LogP contribution in [0.2, 0.25) is 0 Å². The molecule has 0 aliphatic heterocycles. The van der Waals surface area contributed by atoms with Crippen LogP contribution in [0.4, 0.5) is 0 Å². The second kappa shape index (κ2) is 8.62. The van der Waals surface area contributed by atoms with E-state index < -0.39 is 0 Å². The molecule has 1 aliphatic carbocycles. The molecule has 0 atom stereocenters. The van der Waals surface area contributed by atoms with Crippen molar-refractivity contribution in [2.75, 3.05) is 0 Å². The highest BCUT2D eigenvalue weighted by Crippen LogP contribution is 2.39. The van der Waals surface area contributed by atoms with Gasteiger partial charge in [-0.3, -0.25) is 0 Å². The highest BCUT2D eigenvalue weighted by Gasteiger charge is 2.21. The standard InChI is InChI=1S/C23H25Cl2N/c1-7-10-17-12-18(15(4)23(17)25)13-22-20(11-8-2)16(5)21(26(22)6)14-19(24)9-3/h7-11,13-14H,4-5,12H2,1-3,6H3/b10-7-,11-8+,18-13+,19-9+,21-14-. The number of rotatable bonds is 4. The van der Waals surface area contributed by atoms with E-state index in [9.17, 15) is 0 Å². The Morgan fingerprint density at radius 3 is 2.35 bits per heavy atom. The van der Waals surface area contributed by atoms with Crippen LogP contribution in [-0.2, 0) is 7.05 Å². The van der Waals surface area contributed by atoms with Gasteiger partial charge in [0.15, 0.2) is 0 Å². The summed E-state index contributed by atoms with van der Waals surface area (Å²) in [4.78, 5) is 0. The number of aromatic nitrogens is 1. The number of hydrogen-bond donors (Lipinski definition) is 0. The van der Waals surface area contributed by atoms with Gasteiger partial charge in [0.05, 0.1) is 5.03 Å². The summed E-state index contributed by atoms with van der Waals surface area (Å²) in [7, 11) is 2.03. The van der Waals surface area contributed by atoms with Gasteiger partial charge in [0.25, 0.3) is 0 Å². The van der Waals surface area contributed by atoms with E-state index in [4.69, 9.17) is 23.2 Å². The Balaban J connectivity index is 2.69. The topological polar surface area (TPSA) is 4.93 Å². The fraction of sp³-hybridized carbons (Fsp3) is 0.217. The molecule has 0 saturated carbocycles. The molecule has 26 heavy (non-hydrogen) atoms.